The maximum Gasteiger partial charge on any atom is 0.364 e. The van der Waals surface area contributed by atoms with Crippen LogP contribution in [-0.2, 0) is 19.6 Å². The summed E-state index contributed by atoms with van der Waals surface area (Å²) < 4.78 is 76.6. The summed E-state index contributed by atoms with van der Waals surface area (Å²) in [6, 6.07) is 0. The Labute approximate surface area is 234 Å². The highest BCUT2D eigenvalue weighted by Gasteiger charge is 2.65. The van der Waals surface area contributed by atoms with Crippen molar-refractivity contribution in [2.45, 2.75) is 115 Å². The predicted octanol–water partition coefficient (Wildman–Crippen LogP) is 3.77. The van der Waals surface area contributed by atoms with E-state index in [2.05, 4.69) is 13.8 Å². The van der Waals surface area contributed by atoms with E-state index in [4.69, 9.17) is 4.74 Å². The van der Waals surface area contributed by atoms with E-state index in [1.165, 1.54) is 0 Å². The van der Waals surface area contributed by atoms with Crippen molar-refractivity contribution in [1.29, 1.82) is 0 Å². The molecule has 0 aliphatic heterocycles. The van der Waals surface area contributed by atoms with Gasteiger partial charge in [0.1, 0.15) is 0 Å². The Kier molecular flexibility index (Phi) is 9.02. The lowest BCUT2D eigenvalue weighted by Crippen LogP contribution is -2.62. The van der Waals surface area contributed by atoms with Gasteiger partial charge in [-0.2, -0.15) is 8.78 Å². The quantitative estimate of drug-likeness (QED) is 0.269. The zero-order chi connectivity index (χ0) is 29.8. The van der Waals surface area contributed by atoms with Gasteiger partial charge >= 0.3 is 11.2 Å². The van der Waals surface area contributed by atoms with E-state index < -0.39 is 58.2 Å². The molecule has 3 N–H and O–H groups in total. The summed E-state index contributed by atoms with van der Waals surface area (Å²) in [4.78, 5) is 12.2. The van der Waals surface area contributed by atoms with Gasteiger partial charge in [-0.1, -0.05) is 20.8 Å². The summed E-state index contributed by atoms with van der Waals surface area (Å²) in [5, 5.41) is 28.2. The van der Waals surface area contributed by atoms with Crippen molar-refractivity contribution >= 4 is 16.1 Å². The second-order valence-electron chi connectivity index (χ2n) is 13.5. The van der Waals surface area contributed by atoms with Crippen molar-refractivity contribution in [3.63, 3.8) is 0 Å². The van der Waals surface area contributed by atoms with Crippen LogP contribution in [-0.4, -0.2) is 70.6 Å². The van der Waals surface area contributed by atoms with Crippen molar-refractivity contribution in [1.82, 2.24) is 0 Å². The van der Waals surface area contributed by atoms with Gasteiger partial charge in [-0.05, 0) is 97.7 Å². The fourth-order valence-corrected chi connectivity index (χ4v) is 9.78. The molecule has 5 unspecified atom stereocenters. The van der Waals surface area contributed by atoms with Gasteiger partial charge in [-0.25, -0.2) is 12.8 Å². The summed E-state index contributed by atoms with van der Waals surface area (Å²) in [7, 11) is -6.17. The summed E-state index contributed by atoms with van der Waals surface area (Å²) >= 11 is 0. The van der Waals surface area contributed by atoms with E-state index in [1.54, 1.807) is 0 Å². The minimum Gasteiger partial charge on any atom is -0.743 e. The van der Waals surface area contributed by atoms with Crippen LogP contribution in [0.15, 0.2) is 0 Å². The zero-order valence-electron chi connectivity index (χ0n) is 23.5. The summed E-state index contributed by atoms with van der Waals surface area (Å²) in [6.07, 6.45) is -0.169. The van der Waals surface area contributed by atoms with Crippen LogP contribution in [0.5, 0.6) is 0 Å². The van der Waals surface area contributed by atoms with Crippen LogP contribution in [0.4, 0.5) is 13.2 Å². The van der Waals surface area contributed by atoms with E-state index in [1.807, 2.05) is 6.92 Å². The maximum absolute atomic E-state index is 13.6. The first-order valence-electron chi connectivity index (χ1n) is 14.6. The molecule has 0 radical (unpaired) electrons. The molecule has 4 aliphatic rings. The average molecular weight is 598 g/mol. The van der Waals surface area contributed by atoms with E-state index in [0.29, 0.717) is 25.7 Å². The highest BCUT2D eigenvalue weighted by Crippen LogP contribution is 2.68. The van der Waals surface area contributed by atoms with Gasteiger partial charge in [0, 0.05) is 12.8 Å². The van der Waals surface area contributed by atoms with Crippen molar-refractivity contribution in [2.24, 2.45) is 46.3 Å². The van der Waals surface area contributed by atoms with Gasteiger partial charge in [0.25, 0.3) is 0 Å². The van der Waals surface area contributed by atoms with Crippen LogP contribution < -0.4 is 0 Å². The third-order valence-corrected chi connectivity index (χ3v) is 12.6. The van der Waals surface area contributed by atoms with E-state index >= 15 is 0 Å². The number of alkyl halides is 3. The second kappa shape index (κ2) is 11.3. The molecule has 0 aromatic heterocycles. The smallest absolute Gasteiger partial charge is 0.364 e. The number of hydrogen-bond acceptors (Lipinski definition) is 8. The lowest BCUT2D eigenvalue weighted by atomic mass is 9.43. The molecule has 0 aromatic carbocycles. The fourth-order valence-electron chi connectivity index (χ4n) is 9.35. The van der Waals surface area contributed by atoms with Crippen molar-refractivity contribution in [3.8, 4) is 0 Å². The van der Waals surface area contributed by atoms with Gasteiger partial charge in [0.2, 0.25) is 0 Å². The van der Waals surface area contributed by atoms with Crippen LogP contribution in [0.25, 0.3) is 0 Å². The number of esters is 1. The normalized spacial score (nSPS) is 43.2. The largest absolute Gasteiger partial charge is 0.743 e. The standard InChI is InChI=1S/C28H45F3O8S/c1-15(4-7-24(35)39-11-9-22(29)28(30,31)40(36,37)38)18-5-6-19-25-20(14-23(34)27(18,19)3)26(2)10-8-17(32)12-16(26)13-21(25)33/h15-23,25,32-34H,4-14H2,1-3H3,(H,36,37,38)/p-1/t15-,16?,17-,18-,19?,20?,21-,22?,23+,25?,26+,27-/m1/s1. The SMILES string of the molecule is C[C@H](CCC(=O)OCCC(F)C(F)(F)S(=O)(=O)[O-])[C@H]1CCC2C3C(C[C@H](O)[C@@]21C)[C@@]1(C)CC[C@@H](O)CC1C[C@H]3O. The van der Waals surface area contributed by atoms with E-state index in [0.717, 1.165) is 25.7 Å². The number of carbonyl (C=O) groups excluding carboxylic acids is 1. The summed E-state index contributed by atoms with van der Waals surface area (Å²) in [5.41, 5.74) is -0.473. The number of hydrogen-bond donors (Lipinski definition) is 3. The van der Waals surface area contributed by atoms with Crippen molar-refractivity contribution in [2.75, 3.05) is 6.61 Å². The molecule has 0 heterocycles. The molecule has 0 amide bonds. The molecule has 4 rings (SSSR count). The molecule has 232 valence electrons. The summed E-state index contributed by atoms with van der Waals surface area (Å²) in [5.74, 6) is -0.0474. The Morgan fingerprint density at radius 1 is 1.07 bits per heavy atom. The van der Waals surface area contributed by atoms with Crippen LogP contribution in [0.1, 0.15) is 85.0 Å². The fraction of sp³-hybridized carbons (Fsp3) is 0.964. The Bertz CT molecular complexity index is 1040. The molecule has 0 bridgehead atoms. The first kappa shape index (κ1) is 32.0. The molecule has 40 heavy (non-hydrogen) atoms. The number of halogens is 3. The van der Waals surface area contributed by atoms with Gasteiger partial charge < -0.3 is 24.6 Å². The van der Waals surface area contributed by atoms with Gasteiger partial charge in [-0.3, -0.25) is 4.79 Å². The second-order valence-corrected chi connectivity index (χ2v) is 15.0. The third kappa shape index (κ3) is 5.44. The Hall–Kier alpha value is -0.950. The lowest BCUT2D eigenvalue weighted by molar-refractivity contribution is -0.207. The van der Waals surface area contributed by atoms with Crippen LogP contribution >= 0.6 is 0 Å². The molecule has 4 fully saturated rings. The highest BCUT2D eigenvalue weighted by molar-refractivity contribution is 7.86. The van der Waals surface area contributed by atoms with Crippen LogP contribution in [0.2, 0.25) is 0 Å². The Morgan fingerprint density at radius 3 is 2.40 bits per heavy atom. The van der Waals surface area contributed by atoms with Crippen molar-refractivity contribution < 1.29 is 51.0 Å². The molecule has 12 atom stereocenters. The molecular weight excluding hydrogens is 553 g/mol. The third-order valence-electron chi connectivity index (χ3n) is 11.7. The van der Waals surface area contributed by atoms with Gasteiger partial charge in [-0.15, -0.1) is 0 Å². The topological polar surface area (TPSA) is 144 Å². The number of rotatable bonds is 9. The Morgan fingerprint density at radius 2 is 1.75 bits per heavy atom. The monoisotopic (exact) mass is 597 g/mol. The Balaban J connectivity index is 1.35. The van der Waals surface area contributed by atoms with E-state index in [9.17, 15) is 46.3 Å². The predicted molar refractivity (Wildman–Crippen MR) is 138 cm³/mol. The molecule has 8 nitrogen and oxygen atoms in total. The average Bonchev–Trinajstić information content (AvgIpc) is 3.22. The number of fused-ring (bicyclic) bond motifs is 5. The molecular formula is C28H44F3O8S-. The van der Waals surface area contributed by atoms with E-state index in [-0.39, 0.29) is 53.4 Å². The van der Waals surface area contributed by atoms with Crippen LogP contribution in [0.3, 0.4) is 0 Å². The molecule has 0 spiro atoms. The molecule has 4 aliphatic carbocycles. The maximum atomic E-state index is 13.6. The minimum atomic E-state index is -6.17. The molecule has 0 aromatic rings. The minimum absolute atomic E-state index is 0.00603. The lowest BCUT2D eigenvalue weighted by Gasteiger charge is -2.63. The van der Waals surface area contributed by atoms with Crippen molar-refractivity contribution in [3.05, 3.63) is 0 Å². The first-order valence-corrected chi connectivity index (χ1v) is 16.0. The first-order chi connectivity index (χ1) is 18.4. The number of aliphatic hydroxyl groups excluding tert-OH is 3. The molecule has 4 saturated carbocycles. The number of carbonyl (C=O) groups is 1. The zero-order valence-corrected chi connectivity index (χ0v) is 24.3. The van der Waals surface area contributed by atoms with Gasteiger partial charge in [0.05, 0.1) is 24.9 Å². The summed E-state index contributed by atoms with van der Waals surface area (Å²) in [6.45, 7) is 5.59. The van der Waals surface area contributed by atoms with Crippen LogP contribution in [0, 0.1) is 46.3 Å². The van der Waals surface area contributed by atoms with Gasteiger partial charge in [0.15, 0.2) is 16.3 Å². The molecule has 0 saturated heterocycles. The number of aliphatic hydroxyl groups is 3. The highest BCUT2D eigenvalue weighted by atomic mass is 32.2. The number of ether oxygens (including phenoxy) is 1. The molecule has 12 heteroatoms.